The van der Waals surface area contributed by atoms with Gasteiger partial charge in [0, 0.05) is 16.0 Å². The molecule has 1 heterocycles. The second-order valence-corrected chi connectivity index (χ2v) is 8.75. The molecule has 0 aliphatic rings. The fraction of sp³-hybridized carbons (Fsp3) is 0.261. The first-order valence-corrected chi connectivity index (χ1v) is 11.7. The Labute approximate surface area is 190 Å². The number of esters is 1. The molecule has 0 saturated heterocycles. The second-order valence-electron chi connectivity index (χ2n) is 6.64. The van der Waals surface area contributed by atoms with Crippen molar-refractivity contribution in [2.45, 2.75) is 37.5 Å². The summed E-state index contributed by atoms with van der Waals surface area (Å²) in [7, 11) is 0. The number of rotatable bonds is 9. The molecule has 3 aromatic rings. The number of para-hydroxylation sites is 2. The van der Waals surface area contributed by atoms with Crippen molar-refractivity contribution in [3.63, 3.8) is 0 Å². The van der Waals surface area contributed by atoms with Crippen LogP contribution in [0.5, 0.6) is 5.75 Å². The van der Waals surface area contributed by atoms with Crippen LogP contribution in [0.2, 0.25) is 0 Å². The van der Waals surface area contributed by atoms with Crippen molar-refractivity contribution in [1.29, 1.82) is 0 Å². The fourth-order valence-electron chi connectivity index (χ4n) is 2.69. The monoisotopic (exact) mass is 456 g/mol. The van der Waals surface area contributed by atoms with Gasteiger partial charge in [-0.1, -0.05) is 12.1 Å². The molecule has 3 rings (SSSR count). The van der Waals surface area contributed by atoms with Crippen LogP contribution in [0, 0.1) is 6.92 Å². The predicted molar refractivity (Wildman–Crippen MR) is 124 cm³/mol. The summed E-state index contributed by atoms with van der Waals surface area (Å²) in [5.74, 6) is 0.366. The molecule has 0 fully saturated rings. The van der Waals surface area contributed by atoms with Crippen LogP contribution < -0.4 is 10.1 Å². The number of hydrogen-bond acceptors (Lipinski definition) is 7. The third kappa shape index (κ3) is 6.57. The van der Waals surface area contributed by atoms with E-state index < -0.39 is 18.0 Å². The molecule has 0 saturated carbocycles. The van der Waals surface area contributed by atoms with Gasteiger partial charge in [-0.2, -0.15) is 0 Å². The van der Waals surface area contributed by atoms with Gasteiger partial charge in [0.05, 0.1) is 28.6 Å². The normalized spacial score (nSPS) is 11.6. The molecule has 1 aromatic heterocycles. The molecule has 1 atom stereocenters. The maximum absolute atomic E-state index is 12.5. The Morgan fingerprint density at radius 2 is 1.90 bits per heavy atom. The quantitative estimate of drug-likeness (QED) is 0.347. The van der Waals surface area contributed by atoms with Crippen molar-refractivity contribution in [3.05, 3.63) is 70.2 Å². The zero-order valence-corrected chi connectivity index (χ0v) is 19.2. The first-order chi connectivity index (χ1) is 15.0. The minimum Gasteiger partial charge on any atom is -0.492 e. The molecule has 0 spiro atoms. The van der Waals surface area contributed by atoms with Gasteiger partial charge in [0.1, 0.15) is 5.75 Å². The number of amides is 1. The standard InChI is InChI=1S/C23H24N2O4S2/c1-4-28-21-8-6-5-7-20(21)25-22(26)15(2)29-23(27)17-9-11-19(12-10-17)31-14-18-13-30-16(3)24-18/h5-13,15H,4,14H2,1-3H3,(H,25,26). The van der Waals surface area contributed by atoms with E-state index in [1.54, 1.807) is 53.4 Å². The van der Waals surface area contributed by atoms with E-state index >= 15 is 0 Å². The molecule has 1 unspecified atom stereocenters. The number of nitrogens with one attached hydrogen (secondary N) is 1. The molecule has 31 heavy (non-hydrogen) atoms. The molecule has 6 nitrogen and oxygen atoms in total. The number of nitrogens with zero attached hydrogens (tertiary/aromatic N) is 1. The molecule has 0 aliphatic carbocycles. The topological polar surface area (TPSA) is 77.5 Å². The van der Waals surface area contributed by atoms with E-state index in [4.69, 9.17) is 9.47 Å². The molecule has 1 amide bonds. The van der Waals surface area contributed by atoms with Gasteiger partial charge >= 0.3 is 5.97 Å². The summed E-state index contributed by atoms with van der Waals surface area (Å²) >= 11 is 3.28. The number of aryl methyl sites for hydroxylation is 1. The molecule has 0 radical (unpaired) electrons. The molecular weight excluding hydrogens is 432 g/mol. The predicted octanol–water partition coefficient (Wildman–Crippen LogP) is 5.33. The van der Waals surface area contributed by atoms with Crippen LogP contribution in [-0.2, 0) is 15.3 Å². The Balaban J connectivity index is 1.53. The Morgan fingerprint density at radius 1 is 1.16 bits per heavy atom. The Hall–Kier alpha value is -2.84. The maximum Gasteiger partial charge on any atom is 0.338 e. The summed E-state index contributed by atoms with van der Waals surface area (Å²) < 4.78 is 10.8. The van der Waals surface area contributed by atoms with Crippen LogP contribution in [-0.4, -0.2) is 29.6 Å². The van der Waals surface area contributed by atoms with Gasteiger partial charge in [-0.3, -0.25) is 4.79 Å². The number of aromatic nitrogens is 1. The van der Waals surface area contributed by atoms with Crippen LogP contribution >= 0.6 is 23.1 Å². The zero-order chi connectivity index (χ0) is 22.2. The first kappa shape index (κ1) is 22.8. The summed E-state index contributed by atoms with van der Waals surface area (Å²) in [5.41, 5.74) is 1.97. The molecule has 0 bridgehead atoms. The van der Waals surface area contributed by atoms with E-state index in [1.165, 1.54) is 6.92 Å². The van der Waals surface area contributed by atoms with Crippen LogP contribution in [0.1, 0.15) is 34.9 Å². The van der Waals surface area contributed by atoms with Crippen molar-refractivity contribution >= 4 is 40.7 Å². The third-order valence-corrected chi connectivity index (χ3v) is 6.11. The zero-order valence-electron chi connectivity index (χ0n) is 17.6. The number of hydrogen-bond donors (Lipinski definition) is 1. The Morgan fingerprint density at radius 3 is 2.58 bits per heavy atom. The molecule has 2 aromatic carbocycles. The van der Waals surface area contributed by atoms with E-state index in [9.17, 15) is 9.59 Å². The molecule has 162 valence electrons. The minimum atomic E-state index is -0.955. The highest BCUT2D eigenvalue weighted by atomic mass is 32.2. The van der Waals surface area contributed by atoms with E-state index in [1.807, 2.05) is 37.4 Å². The number of anilines is 1. The first-order valence-electron chi connectivity index (χ1n) is 9.83. The minimum absolute atomic E-state index is 0.392. The lowest BCUT2D eigenvalue weighted by molar-refractivity contribution is -0.123. The van der Waals surface area contributed by atoms with Gasteiger partial charge in [-0.05, 0) is 57.2 Å². The highest BCUT2D eigenvalue weighted by Gasteiger charge is 2.20. The van der Waals surface area contributed by atoms with Gasteiger partial charge < -0.3 is 14.8 Å². The number of thiazole rings is 1. The van der Waals surface area contributed by atoms with E-state index in [2.05, 4.69) is 10.3 Å². The van der Waals surface area contributed by atoms with E-state index in [0.717, 1.165) is 21.3 Å². The van der Waals surface area contributed by atoms with Crippen LogP contribution in [0.3, 0.4) is 0 Å². The summed E-state index contributed by atoms with van der Waals surface area (Å²) in [6.45, 7) is 5.87. The summed E-state index contributed by atoms with van der Waals surface area (Å²) in [6, 6.07) is 14.3. The third-order valence-electron chi connectivity index (χ3n) is 4.24. The van der Waals surface area contributed by atoms with Gasteiger partial charge in [0.15, 0.2) is 6.10 Å². The lowest BCUT2D eigenvalue weighted by atomic mass is 10.2. The Kier molecular flexibility index (Phi) is 8.08. The van der Waals surface area contributed by atoms with Crippen molar-refractivity contribution in [2.75, 3.05) is 11.9 Å². The molecule has 0 aliphatic heterocycles. The number of carbonyl (C=O) groups excluding carboxylic acids is 2. The smallest absolute Gasteiger partial charge is 0.338 e. The number of ether oxygens (including phenoxy) is 2. The fourth-order valence-corrected chi connectivity index (χ4v) is 4.20. The van der Waals surface area contributed by atoms with Crippen LogP contribution in [0.4, 0.5) is 5.69 Å². The van der Waals surface area contributed by atoms with E-state index in [0.29, 0.717) is 23.6 Å². The van der Waals surface area contributed by atoms with Crippen molar-refractivity contribution in [2.24, 2.45) is 0 Å². The maximum atomic E-state index is 12.5. The highest BCUT2D eigenvalue weighted by molar-refractivity contribution is 7.98. The van der Waals surface area contributed by atoms with Gasteiger partial charge in [-0.15, -0.1) is 23.1 Å². The summed E-state index contributed by atoms with van der Waals surface area (Å²) in [4.78, 5) is 30.4. The number of benzene rings is 2. The van der Waals surface area contributed by atoms with Crippen LogP contribution in [0.25, 0.3) is 0 Å². The van der Waals surface area contributed by atoms with Gasteiger partial charge in [0.25, 0.3) is 5.91 Å². The highest BCUT2D eigenvalue weighted by Crippen LogP contribution is 2.25. The number of thioether (sulfide) groups is 1. The number of carbonyl (C=O) groups is 2. The van der Waals surface area contributed by atoms with E-state index in [-0.39, 0.29) is 0 Å². The van der Waals surface area contributed by atoms with Crippen molar-refractivity contribution < 1.29 is 19.1 Å². The molecular formula is C23H24N2O4S2. The molecule has 1 N–H and O–H groups in total. The average Bonchev–Trinajstić information content (AvgIpc) is 3.19. The van der Waals surface area contributed by atoms with Gasteiger partial charge in [-0.25, -0.2) is 9.78 Å². The molecule has 8 heteroatoms. The van der Waals surface area contributed by atoms with Crippen molar-refractivity contribution in [3.8, 4) is 5.75 Å². The second kappa shape index (κ2) is 11.0. The average molecular weight is 457 g/mol. The largest absolute Gasteiger partial charge is 0.492 e. The summed E-state index contributed by atoms with van der Waals surface area (Å²) in [6.07, 6.45) is -0.955. The van der Waals surface area contributed by atoms with Gasteiger partial charge in [0.2, 0.25) is 0 Å². The van der Waals surface area contributed by atoms with Crippen LogP contribution in [0.15, 0.2) is 58.8 Å². The van der Waals surface area contributed by atoms with Crippen molar-refractivity contribution in [1.82, 2.24) is 4.98 Å². The lowest BCUT2D eigenvalue weighted by Gasteiger charge is -2.15. The lowest BCUT2D eigenvalue weighted by Crippen LogP contribution is -2.30. The SMILES string of the molecule is CCOc1ccccc1NC(=O)C(C)OC(=O)c1ccc(SCc2csc(C)n2)cc1. The Bertz CT molecular complexity index is 1030. The summed E-state index contributed by atoms with van der Waals surface area (Å²) in [5, 5.41) is 5.84.